The van der Waals surface area contributed by atoms with E-state index in [1.54, 1.807) is 12.1 Å². The molecule has 0 unspecified atom stereocenters. The van der Waals surface area contributed by atoms with Crippen molar-refractivity contribution in [2.24, 2.45) is 0 Å². The molecule has 1 N–H and O–H groups in total. The molecule has 0 radical (unpaired) electrons. The van der Waals surface area contributed by atoms with Crippen molar-refractivity contribution in [2.75, 3.05) is 0 Å². The molecule has 0 aliphatic carbocycles. The quantitative estimate of drug-likeness (QED) is 0.584. The van der Waals surface area contributed by atoms with Crippen molar-refractivity contribution < 1.29 is 5.11 Å². The van der Waals surface area contributed by atoms with Crippen LogP contribution >= 0.6 is 27.5 Å². The molecule has 0 aromatic carbocycles. The highest BCUT2D eigenvalue weighted by Crippen LogP contribution is 2.18. The van der Waals surface area contributed by atoms with E-state index in [1.807, 2.05) is 0 Å². The van der Waals surface area contributed by atoms with Crippen molar-refractivity contribution >= 4 is 27.5 Å². The van der Waals surface area contributed by atoms with Gasteiger partial charge in [0.15, 0.2) is 0 Å². The van der Waals surface area contributed by atoms with E-state index in [9.17, 15) is 0 Å². The molecule has 4 heteroatoms. The molecular formula is C6H5BrClNO. The normalized spacial score (nSPS) is 9.80. The summed E-state index contributed by atoms with van der Waals surface area (Å²) < 4.78 is 0.681. The number of hydrogen-bond donors (Lipinski definition) is 1. The molecular weight excluding hydrogens is 217 g/mol. The van der Waals surface area contributed by atoms with Gasteiger partial charge in [-0.15, -0.1) is 11.6 Å². The van der Waals surface area contributed by atoms with Gasteiger partial charge < -0.3 is 5.11 Å². The average Bonchev–Trinajstić information content (AvgIpc) is 1.94. The Labute approximate surface area is 72.0 Å². The van der Waals surface area contributed by atoms with E-state index in [1.165, 1.54) is 0 Å². The van der Waals surface area contributed by atoms with Crippen LogP contribution in [0, 0.1) is 0 Å². The van der Waals surface area contributed by atoms with Gasteiger partial charge in [0.1, 0.15) is 10.4 Å². The van der Waals surface area contributed by atoms with E-state index in [4.69, 9.17) is 16.7 Å². The lowest BCUT2D eigenvalue weighted by molar-refractivity contribution is 0.466. The second kappa shape index (κ2) is 3.21. The van der Waals surface area contributed by atoms with E-state index >= 15 is 0 Å². The smallest absolute Gasteiger partial charge is 0.138 e. The van der Waals surface area contributed by atoms with Gasteiger partial charge in [0, 0.05) is 0 Å². The Bertz CT molecular complexity index is 241. The van der Waals surface area contributed by atoms with Crippen molar-refractivity contribution in [1.82, 2.24) is 4.98 Å². The van der Waals surface area contributed by atoms with Gasteiger partial charge >= 0.3 is 0 Å². The summed E-state index contributed by atoms with van der Waals surface area (Å²) in [5, 5.41) is 9.07. The minimum Gasteiger partial charge on any atom is -0.506 e. The molecule has 1 aromatic heterocycles. The predicted molar refractivity (Wildman–Crippen MR) is 43.2 cm³/mol. The third-order valence-electron chi connectivity index (χ3n) is 1.04. The molecule has 0 fully saturated rings. The summed E-state index contributed by atoms with van der Waals surface area (Å²) in [4.78, 5) is 3.93. The lowest BCUT2D eigenvalue weighted by atomic mass is 10.3. The van der Waals surface area contributed by atoms with Crippen LogP contribution in [0.3, 0.4) is 0 Å². The highest BCUT2D eigenvalue weighted by molar-refractivity contribution is 9.10. The maximum Gasteiger partial charge on any atom is 0.138 e. The highest BCUT2D eigenvalue weighted by Gasteiger charge is 2.00. The summed E-state index contributed by atoms with van der Waals surface area (Å²) in [7, 11) is 0. The lowest BCUT2D eigenvalue weighted by Crippen LogP contribution is -1.85. The van der Waals surface area contributed by atoms with Gasteiger partial charge in [-0.05, 0) is 28.1 Å². The number of alkyl halides is 1. The first-order valence-corrected chi connectivity index (χ1v) is 3.97. The molecule has 0 saturated carbocycles. The van der Waals surface area contributed by atoms with Crippen LogP contribution < -0.4 is 0 Å². The van der Waals surface area contributed by atoms with E-state index in [-0.39, 0.29) is 11.6 Å². The molecule has 0 spiro atoms. The van der Waals surface area contributed by atoms with Crippen molar-refractivity contribution in [1.29, 1.82) is 0 Å². The molecule has 0 aliphatic heterocycles. The van der Waals surface area contributed by atoms with Gasteiger partial charge in [-0.3, -0.25) is 0 Å². The molecule has 2 nitrogen and oxygen atoms in total. The molecule has 1 heterocycles. The second-order valence-electron chi connectivity index (χ2n) is 1.73. The maximum atomic E-state index is 9.07. The minimum absolute atomic E-state index is 0.137. The molecule has 1 aromatic rings. The molecule has 0 bridgehead atoms. The molecule has 0 saturated heterocycles. The SMILES string of the molecule is Oc1ccc(Br)nc1CCl. The topological polar surface area (TPSA) is 33.1 Å². The van der Waals surface area contributed by atoms with Crippen LogP contribution in [-0.4, -0.2) is 10.1 Å². The van der Waals surface area contributed by atoms with Crippen molar-refractivity contribution in [3.05, 3.63) is 22.4 Å². The van der Waals surface area contributed by atoms with Crippen LogP contribution in [-0.2, 0) is 5.88 Å². The number of hydrogen-bond acceptors (Lipinski definition) is 2. The van der Waals surface area contributed by atoms with Gasteiger partial charge in [0.05, 0.1) is 11.6 Å². The van der Waals surface area contributed by atoms with E-state index in [0.717, 1.165) is 0 Å². The van der Waals surface area contributed by atoms with Gasteiger partial charge in [0.25, 0.3) is 0 Å². The highest BCUT2D eigenvalue weighted by atomic mass is 79.9. The third-order valence-corrected chi connectivity index (χ3v) is 1.74. The third kappa shape index (κ3) is 1.61. The molecule has 1 rings (SSSR count). The van der Waals surface area contributed by atoms with Crippen LogP contribution in [0.4, 0.5) is 0 Å². The summed E-state index contributed by atoms with van der Waals surface area (Å²) in [6, 6.07) is 3.21. The largest absolute Gasteiger partial charge is 0.506 e. The van der Waals surface area contributed by atoms with E-state index in [2.05, 4.69) is 20.9 Å². The molecule has 0 aliphatic rings. The first kappa shape index (κ1) is 7.82. The Morgan fingerprint density at radius 2 is 2.30 bits per heavy atom. The van der Waals surface area contributed by atoms with Crippen LogP contribution in [0.25, 0.3) is 0 Å². The monoisotopic (exact) mass is 221 g/mol. The number of pyridine rings is 1. The van der Waals surface area contributed by atoms with Gasteiger partial charge in [-0.2, -0.15) is 0 Å². The van der Waals surface area contributed by atoms with Crippen LogP contribution in [0.2, 0.25) is 0 Å². The summed E-state index contributed by atoms with van der Waals surface area (Å²) in [6.07, 6.45) is 0. The summed E-state index contributed by atoms with van der Waals surface area (Å²) in [6.45, 7) is 0. The standard InChI is InChI=1S/C6H5BrClNO/c7-6-2-1-5(10)4(3-8)9-6/h1-2,10H,3H2. The van der Waals surface area contributed by atoms with Gasteiger partial charge in [-0.1, -0.05) is 0 Å². The Morgan fingerprint density at radius 1 is 1.60 bits per heavy atom. The van der Waals surface area contributed by atoms with Crippen LogP contribution in [0.15, 0.2) is 16.7 Å². The van der Waals surface area contributed by atoms with Crippen molar-refractivity contribution in [2.45, 2.75) is 5.88 Å². The predicted octanol–water partition coefficient (Wildman–Crippen LogP) is 2.29. The Morgan fingerprint density at radius 3 is 2.80 bits per heavy atom. The number of nitrogens with zero attached hydrogens (tertiary/aromatic N) is 1. The number of halogens is 2. The first-order chi connectivity index (χ1) is 4.74. The zero-order valence-corrected chi connectivity index (χ0v) is 7.35. The van der Waals surface area contributed by atoms with E-state index < -0.39 is 0 Å². The molecule has 10 heavy (non-hydrogen) atoms. The first-order valence-electron chi connectivity index (χ1n) is 2.64. The molecule has 0 atom stereocenters. The minimum atomic E-state index is 0.137. The number of aromatic nitrogens is 1. The lowest BCUT2D eigenvalue weighted by Gasteiger charge is -1.97. The summed E-state index contributed by atoms with van der Waals surface area (Å²) in [5.74, 6) is 0.365. The maximum absolute atomic E-state index is 9.07. The summed E-state index contributed by atoms with van der Waals surface area (Å²) >= 11 is 8.62. The van der Waals surface area contributed by atoms with Gasteiger partial charge in [-0.25, -0.2) is 4.98 Å². The molecule has 54 valence electrons. The van der Waals surface area contributed by atoms with Crippen LogP contribution in [0.1, 0.15) is 5.69 Å². The second-order valence-corrected chi connectivity index (χ2v) is 2.81. The Balaban J connectivity index is 3.09. The van der Waals surface area contributed by atoms with Crippen molar-refractivity contribution in [3.63, 3.8) is 0 Å². The Kier molecular flexibility index (Phi) is 2.51. The zero-order chi connectivity index (χ0) is 7.56. The average molecular weight is 222 g/mol. The van der Waals surface area contributed by atoms with Gasteiger partial charge in [0.2, 0.25) is 0 Å². The zero-order valence-electron chi connectivity index (χ0n) is 5.01. The number of aromatic hydroxyl groups is 1. The summed E-state index contributed by atoms with van der Waals surface area (Å²) in [5.41, 5.74) is 0.496. The Hall–Kier alpha value is -0.280. The van der Waals surface area contributed by atoms with Crippen molar-refractivity contribution in [3.8, 4) is 5.75 Å². The van der Waals surface area contributed by atoms with E-state index in [0.29, 0.717) is 10.3 Å². The van der Waals surface area contributed by atoms with Crippen LogP contribution in [0.5, 0.6) is 5.75 Å². The fourth-order valence-corrected chi connectivity index (χ4v) is 1.11. The number of rotatable bonds is 1. The fourth-order valence-electron chi connectivity index (χ4n) is 0.566. The molecule has 0 amide bonds. The fraction of sp³-hybridized carbons (Fsp3) is 0.167.